The molecule has 1 aromatic carbocycles. The fourth-order valence-corrected chi connectivity index (χ4v) is 3.22. The van der Waals surface area contributed by atoms with E-state index in [4.69, 9.17) is 4.74 Å². The van der Waals surface area contributed by atoms with E-state index in [0.717, 1.165) is 30.2 Å². The van der Waals surface area contributed by atoms with E-state index in [9.17, 15) is 13.6 Å². The third-order valence-electron chi connectivity index (χ3n) is 3.35. The Morgan fingerprint density at radius 2 is 2.24 bits per heavy atom. The average Bonchev–Trinajstić information content (AvgIpc) is 3.20. The number of fused-ring (bicyclic) bond motifs is 1. The molecular weight excluding hydrogens is 298 g/mol. The topological polar surface area (TPSA) is 43.6 Å². The maximum atomic E-state index is 14.0. The molecule has 1 heterocycles. The largest absolute Gasteiger partial charge is 0.383 e. The van der Waals surface area contributed by atoms with Gasteiger partial charge in [-0.05, 0) is 18.9 Å². The van der Waals surface area contributed by atoms with Gasteiger partial charge in [-0.3, -0.25) is 4.79 Å². The molecule has 112 valence electrons. The van der Waals surface area contributed by atoms with Gasteiger partial charge < -0.3 is 9.30 Å². The van der Waals surface area contributed by atoms with Gasteiger partial charge in [-0.1, -0.05) is 11.3 Å². The highest BCUT2D eigenvalue weighted by Gasteiger charge is 2.29. The third-order valence-corrected chi connectivity index (χ3v) is 4.37. The predicted molar refractivity (Wildman–Crippen MR) is 74.9 cm³/mol. The van der Waals surface area contributed by atoms with Gasteiger partial charge in [-0.2, -0.15) is 4.99 Å². The van der Waals surface area contributed by atoms with Crippen LogP contribution in [-0.4, -0.2) is 24.2 Å². The SMILES string of the molecule is COCCn1c(=NC(=O)C2CC2)sc2cc(F)cc(F)c21. The molecule has 2 aromatic rings. The molecule has 21 heavy (non-hydrogen) atoms. The van der Waals surface area contributed by atoms with E-state index in [2.05, 4.69) is 4.99 Å². The number of carbonyl (C=O) groups is 1. The number of nitrogens with zero attached hydrogens (tertiary/aromatic N) is 2. The Labute approximate surface area is 123 Å². The Kier molecular flexibility index (Phi) is 3.86. The molecule has 1 saturated carbocycles. The molecule has 0 atom stereocenters. The second-order valence-electron chi connectivity index (χ2n) is 4.99. The van der Waals surface area contributed by atoms with Gasteiger partial charge in [0, 0.05) is 25.6 Å². The molecule has 0 unspecified atom stereocenters. The molecule has 7 heteroatoms. The molecule has 3 rings (SSSR count). The summed E-state index contributed by atoms with van der Waals surface area (Å²) in [6.45, 7) is 0.712. The summed E-state index contributed by atoms with van der Waals surface area (Å²) in [5.41, 5.74) is 0.265. The fourth-order valence-electron chi connectivity index (χ4n) is 2.12. The van der Waals surface area contributed by atoms with Gasteiger partial charge in [0.05, 0.1) is 16.8 Å². The van der Waals surface area contributed by atoms with Crippen molar-refractivity contribution in [1.29, 1.82) is 0 Å². The molecule has 0 aliphatic heterocycles. The summed E-state index contributed by atoms with van der Waals surface area (Å²) < 4.78 is 34.4. The second kappa shape index (κ2) is 5.65. The van der Waals surface area contributed by atoms with Crippen LogP contribution in [0.5, 0.6) is 0 Å². The first kappa shape index (κ1) is 14.3. The molecule has 0 spiro atoms. The smallest absolute Gasteiger partial charge is 0.251 e. The van der Waals surface area contributed by atoms with Crippen molar-refractivity contribution in [3.05, 3.63) is 28.6 Å². The van der Waals surface area contributed by atoms with Crippen LogP contribution in [0.15, 0.2) is 17.1 Å². The van der Waals surface area contributed by atoms with Crippen LogP contribution in [0.2, 0.25) is 0 Å². The summed E-state index contributed by atoms with van der Waals surface area (Å²) >= 11 is 1.12. The lowest BCUT2D eigenvalue weighted by atomic mass is 10.3. The van der Waals surface area contributed by atoms with Gasteiger partial charge in [-0.25, -0.2) is 8.78 Å². The van der Waals surface area contributed by atoms with Crippen LogP contribution in [0.25, 0.3) is 10.2 Å². The second-order valence-corrected chi connectivity index (χ2v) is 6.00. The van der Waals surface area contributed by atoms with Crippen molar-refractivity contribution in [3.63, 3.8) is 0 Å². The maximum Gasteiger partial charge on any atom is 0.251 e. The van der Waals surface area contributed by atoms with Gasteiger partial charge in [-0.15, -0.1) is 0 Å². The number of carbonyl (C=O) groups excluding carboxylic acids is 1. The van der Waals surface area contributed by atoms with Crippen LogP contribution >= 0.6 is 11.3 Å². The zero-order valence-corrected chi connectivity index (χ0v) is 12.3. The highest BCUT2D eigenvalue weighted by atomic mass is 32.1. The third kappa shape index (κ3) is 2.89. The van der Waals surface area contributed by atoms with Crippen molar-refractivity contribution < 1.29 is 18.3 Å². The van der Waals surface area contributed by atoms with Crippen LogP contribution in [0.1, 0.15) is 12.8 Å². The number of hydrogen-bond acceptors (Lipinski definition) is 3. The molecule has 0 saturated heterocycles. The summed E-state index contributed by atoms with van der Waals surface area (Å²) in [4.78, 5) is 16.3. The summed E-state index contributed by atoms with van der Waals surface area (Å²) in [7, 11) is 1.54. The zero-order chi connectivity index (χ0) is 15.0. The van der Waals surface area contributed by atoms with Crippen LogP contribution in [0, 0.1) is 17.6 Å². The minimum absolute atomic E-state index is 0.00679. The number of halogens is 2. The Morgan fingerprint density at radius 1 is 1.48 bits per heavy atom. The number of methoxy groups -OCH3 is 1. The van der Waals surface area contributed by atoms with Crippen LogP contribution < -0.4 is 4.80 Å². The van der Waals surface area contributed by atoms with Crippen LogP contribution in [0.3, 0.4) is 0 Å². The lowest BCUT2D eigenvalue weighted by Gasteiger charge is -2.05. The Hall–Kier alpha value is -1.60. The van der Waals surface area contributed by atoms with E-state index in [1.54, 1.807) is 4.57 Å². The number of rotatable bonds is 4. The molecule has 1 aliphatic rings. The number of thiazole rings is 1. The molecule has 1 fully saturated rings. The molecule has 1 amide bonds. The minimum Gasteiger partial charge on any atom is -0.383 e. The standard InChI is InChI=1S/C14H14F2N2O2S/c1-20-5-4-18-12-10(16)6-9(15)7-11(12)21-14(18)17-13(19)8-2-3-8/h6-8H,2-5H2,1H3. The summed E-state index contributed by atoms with van der Waals surface area (Å²) in [6.07, 6.45) is 1.71. The van der Waals surface area contributed by atoms with E-state index in [1.165, 1.54) is 13.2 Å². The van der Waals surface area contributed by atoms with Crippen molar-refractivity contribution >= 4 is 27.5 Å². The van der Waals surface area contributed by atoms with Crippen molar-refractivity contribution in [2.24, 2.45) is 10.9 Å². The van der Waals surface area contributed by atoms with Gasteiger partial charge in [0.1, 0.15) is 5.82 Å². The van der Waals surface area contributed by atoms with E-state index in [-0.39, 0.29) is 17.3 Å². The summed E-state index contributed by atoms with van der Waals surface area (Å²) in [5, 5.41) is 0. The maximum absolute atomic E-state index is 14.0. The number of aromatic nitrogens is 1. The highest BCUT2D eigenvalue weighted by molar-refractivity contribution is 7.16. The highest BCUT2D eigenvalue weighted by Crippen LogP contribution is 2.30. The summed E-state index contributed by atoms with van der Waals surface area (Å²) in [6, 6.07) is 2.10. The van der Waals surface area contributed by atoms with Gasteiger partial charge in [0.2, 0.25) is 0 Å². The minimum atomic E-state index is -0.655. The van der Waals surface area contributed by atoms with Gasteiger partial charge in [0.25, 0.3) is 5.91 Å². The average molecular weight is 312 g/mol. The van der Waals surface area contributed by atoms with Gasteiger partial charge >= 0.3 is 0 Å². The first-order valence-corrected chi connectivity index (χ1v) is 7.47. The zero-order valence-electron chi connectivity index (χ0n) is 11.4. The van der Waals surface area contributed by atoms with E-state index < -0.39 is 11.6 Å². The number of hydrogen-bond donors (Lipinski definition) is 0. The number of ether oxygens (including phenoxy) is 1. The Morgan fingerprint density at radius 3 is 2.90 bits per heavy atom. The van der Waals surface area contributed by atoms with Crippen molar-refractivity contribution in [3.8, 4) is 0 Å². The molecule has 4 nitrogen and oxygen atoms in total. The van der Waals surface area contributed by atoms with Crippen molar-refractivity contribution in [2.75, 3.05) is 13.7 Å². The predicted octanol–water partition coefficient (Wildman–Crippen LogP) is 2.46. The Balaban J connectivity index is 2.17. The summed E-state index contributed by atoms with van der Waals surface area (Å²) in [5.74, 6) is -1.49. The van der Waals surface area contributed by atoms with Crippen molar-refractivity contribution in [2.45, 2.75) is 19.4 Å². The van der Waals surface area contributed by atoms with Crippen LogP contribution in [0.4, 0.5) is 8.78 Å². The Bertz CT molecular complexity index is 762. The number of benzene rings is 1. The molecule has 0 bridgehead atoms. The van der Waals surface area contributed by atoms with Crippen molar-refractivity contribution in [1.82, 2.24) is 4.57 Å². The van der Waals surface area contributed by atoms with E-state index in [0.29, 0.717) is 22.7 Å². The quantitative estimate of drug-likeness (QED) is 0.870. The lowest BCUT2D eigenvalue weighted by Crippen LogP contribution is -2.20. The number of amides is 1. The molecule has 1 aromatic heterocycles. The first-order chi connectivity index (χ1) is 10.1. The molecular formula is C14H14F2N2O2S. The molecule has 0 N–H and O–H groups in total. The lowest BCUT2D eigenvalue weighted by molar-refractivity contribution is -0.119. The normalized spacial score (nSPS) is 15.9. The fraction of sp³-hybridized carbons (Fsp3) is 0.429. The molecule has 1 aliphatic carbocycles. The first-order valence-electron chi connectivity index (χ1n) is 6.66. The van der Waals surface area contributed by atoms with E-state index >= 15 is 0 Å². The molecule has 0 radical (unpaired) electrons. The van der Waals surface area contributed by atoms with Gasteiger partial charge in [0.15, 0.2) is 10.6 Å². The van der Waals surface area contributed by atoms with Crippen LogP contribution in [-0.2, 0) is 16.1 Å². The monoisotopic (exact) mass is 312 g/mol. The van der Waals surface area contributed by atoms with E-state index in [1.807, 2.05) is 0 Å².